The summed E-state index contributed by atoms with van der Waals surface area (Å²) in [7, 11) is 0. The second-order valence-corrected chi connectivity index (χ2v) is 5.68. The maximum atomic E-state index is 11.5. The monoisotopic (exact) mass is 290 g/mol. The zero-order chi connectivity index (χ0) is 15.0. The van der Waals surface area contributed by atoms with Gasteiger partial charge in [0.05, 0.1) is 0 Å². The highest BCUT2D eigenvalue weighted by Crippen LogP contribution is 2.41. The van der Waals surface area contributed by atoms with E-state index >= 15 is 0 Å². The number of ether oxygens (including phenoxy) is 3. The van der Waals surface area contributed by atoms with Crippen LogP contribution in [0, 0.1) is 0 Å². The van der Waals surface area contributed by atoms with Gasteiger partial charge >= 0.3 is 5.97 Å². The summed E-state index contributed by atoms with van der Waals surface area (Å²) in [6.45, 7) is 3.60. The van der Waals surface area contributed by atoms with E-state index in [0.29, 0.717) is 0 Å². The largest absolute Gasteiger partial charge is 0.453 e. The van der Waals surface area contributed by atoms with Crippen LogP contribution in [0.5, 0.6) is 0 Å². The molecule has 0 bridgehead atoms. The summed E-state index contributed by atoms with van der Waals surface area (Å²) < 4.78 is 17.1. The first-order chi connectivity index (χ1) is 9.96. The molecule has 0 radical (unpaired) electrons. The molecule has 1 aromatic carbocycles. The number of esters is 1. The van der Waals surface area contributed by atoms with E-state index < -0.39 is 36.2 Å². The van der Waals surface area contributed by atoms with Crippen LogP contribution in [0.25, 0.3) is 0 Å². The van der Waals surface area contributed by atoms with Crippen molar-refractivity contribution in [3.05, 3.63) is 48.0 Å². The molecule has 1 aromatic rings. The van der Waals surface area contributed by atoms with Crippen LogP contribution < -0.4 is 0 Å². The Morgan fingerprint density at radius 2 is 1.81 bits per heavy atom. The van der Waals surface area contributed by atoms with Gasteiger partial charge in [-0.2, -0.15) is 0 Å². The number of carbonyl (C=O) groups is 1. The predicted molar refractivity (Wildman–Crippen MR) is 74.2 cm³/mol. The SMILES string of the molecule is CC1(C)O[C@@H]([C@@H]2OC(=O)C=C[C@@H]2O)[C@H](c2ccccc2)O1. The van der Waals surface area contributed by atoms with Crippen molar-refractivity contribution in [3.63, 3.8) is 0 Å². The fraction of sp³-hybridized carbons (Fsp3) is 0.438. The Balaban J connectivity index is 1.91. The Morgan fingerprint density at radius 1 is 1.10 bits per heavy atom. The topological polar surface area (TPSA) is 65.0 Å². The number of rotatable bonds is 2. The van der Waals surface area contributed by atoms with Crippen LogP contribution >= 0.6 is 0 Å². The van der Waals surface area contributed by atoms with Crippen LogP contribution in [0.15, 0.2) is 42.5 Å². The van der Waals surface area contributed by atoms with Crippen molar-refractivity contribution in [2.24, 2.45) is 0 Å². The van der Waals surface area contributed by atoms with Crippen molar-refractivity contribution in [1.29, 1.82) is 0 Å². The summed E-state index contributed by atoms with van der Waals surface area (Å²) in [4.78, 5) is 11.5. The molecule has 1 N–H and O–H groups in total. The highest BCUT2D eigenvalue weighted by molar-refractivity contribution is 5.83. The lowest BCUT2D eigenvalue weighted by Gasteiger charge is -2.30. The summed E-state index contributed by atoms with van der Waals surface area (Å²) in [6, 6.07) is 9.58. The van der Waals surface area contributed by atoms with Gasteiger partial charge in [0.2, 0.25) is 0 Å². The van der Waals surface area contributed by atoms with Gasteiger partial charge in [-0.25, -0.2) is 4.79 Å². The average Bonchev–Trinajstić information content (AvgIpc) is 2.78. The molecule has 21 heavy (non-hydrogen) atoms. The van der Waals surface area contributed by atoms with Crippen molar-refractivity contribution in [2.75, 3.05) is 0 Å². The van der Waals surface area contributed by atoms with Crippen molar-refractivity contribution in [2.45, 2.75) is 44.1 Å². The maximum absolute atomic E-state index is 11.5. The number of aliphatic hydroxyl groups excluding tert-OH is 1. The number of hydrogen-bond acceptors (Lipinski definition) is 5. The smallest absolute Gasteiger partial charge is 0.330 e. The van der Waals surface area contributed by atoms with Crippen molar-refractivity contribution in [1.82, 2.24) is 0 Å². The first-order valence-corrected chi connectivity index (χ1v) is 6.94. The lowest BCUT2D eigenvalue weighted by molar-refractivity contribution is -0.177. The van der Waals surface area contributed by atoms with E-state index in [1.807, 2.05) is 30.3 Å². The Morgan fingerprint density at radius 3 is 2.52 bits per heavy atom. The van der Waals surface area contributed by atoms with E-state index in [4.69, 9.17) is 14.2 Å². The van der Waals surface area contributed by atoms with Gasteiger partial charge in [0, 0.05) is 6.08 Å². The van der Waals surface area contributed by atoms with E-state index in [9.17, 15) is 9.90 Å². The molecule has 2 aliphatic rings. The Bertz CT molecular complexity index is 551. The third-order valence-corrected chi connectivity index (χ3v) is 3.60. The molecule has 0 amide bonds. The standard InChI is InChI=1S/C16H18O5/c1-16(2)20-13(10-6-4-3-5-7-10)15(21-16)14-11(17)8-9-12(18)19-14/h3-9,11,13-15,17H,1-2H3/t11-,13-,14+,15+/m0/s1. The molecule has 0 aliphatic carbocycles. The average molecular weight is 290 g/mol. The second-order valence-electron chi connectivity index (χ2n) is 5.68. The predicted octanol–water partition coefficient (Wildman–Crippen LogP) is 1.72. The number of hydrogen-bond donors (Lipinski definition) is 1. The molecule has 112 valence electrons. The van der Waals surface area contributed by atoms with Crippen LogP contribution in [-0.4, -0.2) is 35.2 Å². The van der Waals surface area contributed by atoms with Gasteiger partial charge in [-0.1, -0.05) is 30.3 Å². The Labute approximate surface area is 123 Å². The molecule has 0 spiro atoms. The summed E-state index contributed by atoms with van der Waals surface area (Å²) in [5, 5.41) is 10.1. The number of cyclic esters (lactones) is 1. The summed E-state index contributed by atoms with van der Waals surface area (Å²) >= 11 is 0. The zero-order valence-electron chi connectivity index (χ0n) is 11.9. The van der Waals surface area contributed by atoms with E-state index in [-0.39, 0.29) is 0 Å². The first-order valence-electron chi connectivity index (χ1n) is 6.94. The molecule has 1 saturated heterocycles. The van der Waals surface area contributed by atoms with E-state index in [1.165, 1.54) is 12.2 Å². The van der Waals surface area contributed by atoms with Gasteiger partial charge in [-0.15, -0.1) is 0 Å². The van der Waals surface area contributed by atoms with Crippen LogP contribution in [0.3, 0.4) is 0 Å². The molecular weight excluding hydrogens is 272 g/mol. The van der Waals surface area contributed by atoms with Crippen LogP contribution in [-0.2, 0) is 19.0 Å². The highest BCUT2D eigenvalue weighted by atomic mass is 16.8. The third kappa shape index (κ3) is 2.85. The molecule has 5 nitrogen and oxygen atoms in total. The number of carbonyl (C=O) groups excluding carboxylic acids is 1. The summed E-state index contributed by atoms with van der Waals surface area (Å²) in [5.74, 6) is -1.29. The van der Waals surface area contributed by atoms with Crippen LogP contribution in [0.2, 0.25) is 0 Å². The lowest BCUT2D eigenvalue weighted by Crippen LogP contribution is -2.45. The molecule has 0 unspecified atom stereocenters. The highest BCUT2D eigenvalue weighted by Gasteiger charge is 2.49. The van der Waals surface area contributed by atoms with Gasteiger partial charge in [0.25, 0.3) is 0 Å². The second kappa shape index (κ2) is 5.26. The molecule has 0 aromatic heterocycles. The minimum atomic E-state index is -0.906. The van der Waals surface area contributed by atoms with Crippen molar-refractivity contribution < 1.29 is 24.1 Å². The lowest BCUT2D eigenvalue weighted by atomic mass is 9.96. The van der Waals surface area contributed by atoms with Gasteiger partial charge < -0.3 is 19.3 Å². The van der Waals surface area contributed by atoms with Gasteiger partial charge in [0.15, 0.2) is 11.9 Å². The fourth-order valence-electron chi connectivity index (χ4n) is 2.72. The molecule has 2 heterocycles. The van der Waals surface area contributed by atoms with Gasteiger partial charge in [-0.3, -0.25) is 0 Å². The quantitative estimate of drug-likeness (QED) is 0.840. The fourth-order valence-corrected chi connectivity index (χ4v) is 2.72. The number of aliphatic hydroxyl groups is 1. The minimum Gasteiger partial charge on any atom is -0.453 e. The minimum absolute atomic E-state index is 0.403. The normalized spacial score (nSPS) is 34.7. The number of benzene rings is 1. The maximum Gasteiger partial charge on any atom is 0.330 e. The first kappa shape index (κ1) is 14.3. The zero-order valence-corrected chi connectivity index (χ0v) is 11.9. The Kier molecular flexibility index (Phi) is 3.57. The molecule has 4 atom stereocenters. The summed E-state index contributed by atoms with van der Waals surface area (Å²) in [6.07, 6.45) is -0.00953. The van der Waals surface area contributed by atoms with Crippen molar-refractivity contribution in [3.8, 4) is 0 Å². The van der Waals surface area contributed by atoms with Gasteiger partial charge in [-0.05, 0) is 25.5 Å². The molecule has 0 saturated carbocycles. The molecule has 2 aliphatic heterocycles. The summed E-state index contributed by atoms with van der Waals surface area (Å²) in [5.41, 5.74) is 0.922. The molecular formula is C16H18O5. The molecule has 5 heteroatoms. The van der Waals surface area contributed by atoms with E-state index in [0.717, 1.165) is 5.56 Å². The van der Waals surface area contributed by atoms with Crippen molar-refractivity contribution >= 4 is 5.97 Å². The van der Waals surface area contributed by atoms with Crippen LogP contribution in [0.4, 0.5) is 0 Å². The Hall–Kier alpha value is -1.69. The van der Waals surface area contributed by atoms with Crippen LogP contribution in [0.1, 0.15) is 25.5 Å². The van der Waals surface area contributed by atoms with E-state index in [1.54, 1.807) is 13.8 Å². The van der Waals surface area contributed by atoms with E-state index in [2.05, 4.69) is 0 Å². The van der Waals surface area contributed by atoms with Gasteiger partial charge in [0.1, 0.15) is 18.3 Å². The molecule has 3 rings (SSSR count). The molecule has 1 fully saturated rings. The third-order valence-electron chi connectivity index (χ3n) is 3.60.